The molecular weight excluding hydrogens is 1200 g/mol. The molecule has 0 amide bonds. The second kappa shape index (κ2) is 20.7. The second-order valence-electron chi connectivity index (χ2n) is 26.1. The summed E-state index contributed by atoms with van der Waals surface area (Å²) in [5, 5.41) is 0. The van der Waals surface area contributed by atoms with Crippen molar-refractivity contribution in [3.05, 3.63) is 205 Å². The van der Waals surface area contributed by atoms with Gasteiger partial charge in [0.25, 0.3) is 6.71 Å². The van der Waals surface area contributed by atoms with Crippen LogP contribution in [0.5, 0.6) is 46.0 Å². The molecule has 0 bridgehead atoms. The molecule has 0 unspecified atom stereocenters. The number of benzene rings is 6. The molecule has 6 aromatic carbocycles. The molecule has 8 nitrogen and oxygen atoms in total. The van der Waals surface area contributed by atoms with Crippen LogP contribution < -0.4 is 51.7 Å². The minimum absolute atomic E-state index is 0. The summed E-state index contributed by atoms with van der Waals surface area (Å²) in [4.78, 5) is 18.9. The van der Waals surface area contributed by atoms with Crippen LogP contribution >= 0.6 is 0 Å². The van der Waals surface area contributed by atoms with Crippen molar-refractivity contribution in [3.63, 3.8) is 0 Å². The molecule has 8 heterocycles. The van der Waals surface area contributed by atoms with Crippen LogP contribution in [0.2, 0.25) is 0 Å². The first-order valence-electron chi connectivity index (χ1n) is 28.4. The number of hydrogen-bond donors (Lipinski definition) is 0. The van der Waals surface area contributed by atoms with Crippen LogP contribution in [0, 0.1) is 12.1 Å². The smallest absolute Gasteiger partial charge is 0.503 e. The van der Waals surface area contributed by atoms with E-state index in [-0.39, 0.29) is 56.2 Å². The van der Waals surface area contributed by atoms with E-state index in [4.69, 9.17) is 38.9 Å². The molecule has 10 aromatic rings. The van der Waals surface area contributed by atoms with Gasteiger partial charge in [-0.2, -0.15) is 0 Å². The number of ether oxygens (including phenoxy) is 4. The van der Waals surface area contributed by atoms with E-state index in [1.165, 1.54) is 22.3 Å². The van der Waals surface area contributed by atoms with Gasteiger partial charge in [0.1, 0.15) is 34.5 Å². The average Bonchev–Trinajstić information content (AvgIpc) is 3.66. The SMILES string of the molecule is CC(C)(C)c1ccnc(-c2[c-]c3c(cc2)Oc2cccc4c2B3c2[c-]c(-c3cc(C(C)(C)C)ccn3)ccc2O4)c1.CC(C)(C)c1ccnc(-c2ccc3c(c2)B2c4cc(-c5cc(C(C)(C)C)ccn5)ccc4Oc4cccc(c42)O3)c1.[Pt+2]. The van der Waals surface area contributed by atoms with Crippen molar-refractivity contribution in [2.45, 2.75) is 105 Å². The Balaban J connectivity index is 0.000000162. The third-order valence-electron chi connectivity index (χ3n) is 16.2. The van der Waals surface area contributed by atoms with Crippen LogP contribution in [0.4, 0.5) is 0 Å². The average molecular weight is 1270 g/mol. The van der Waals surface area contributed by atoms with Crippen molar-refractivity contribution in [1.82, 2.24) is 19.9 Å². The van der Waals surface area contributed by atoms with Gasteiger partial charge in [-0.05, 0) is 162 Å². The van der Waals surface area contributed by atoms with E-state index in [9.17, 15) is 0 Å². The van der Waals surface area contributed by atoms with E-state index in [0.29, 0.717) is 0 Å². The van der Waals surface area contributed by atoms with Gasteiger partial charge in [0.05, 0.1) is 11.4 Å². The molecule has 0 aliphatic carbocycles. The molecule has 0 atom stereocenters. The predicted octanol–water partition coefficient (Wildman–Crippen LogP) is 13.9. The van der Waals surface area contributed by atoms with E-state index in [2.05, 4.69) is 180 Å². The number of aromatic nitrogens is 4. The van der Waals surface area contributed by atoms with Gasteiger partial charge in [0, 0.05) is 47.2 Å². The molecule has 83 heavy (non-hydrogen) atoms. The molecule has 4 aliphatic rings. The Morgan fingerprint density at radius 2 is 0.639 bits per heavy atom. The Morgan fingerprint density at radius 1 is 0.325 bits per heavy atom. The number of rotatable bonds is 4. The van der Waals surface area contributed by atoms with Crippen LogP contribution in [0.3, 0.4) is 0 Å². The van der Waals surface area contributed by atoms with Crippen LogP contribution in [0.1, 0.15) is 105 Å². The summed E-state index contributed by atoms with van der Waals surface area (Å²) in [6.07, 6.45) is 7.59. The quantitative estimate of drug-likeness (QED) is 0.127. The summed E-state index contributed by atoms with van der Waals surface area (Å²) in [7, 11) is 0. The van der Waals surface area contributed by atoms with Crippen LogP contribution in [-0.2, 0) is 42.7 Å². The van der Waals surface area contributed by atoms with Gasteiger partial charge in [-0.1, -0.05) is 119 Å². The topological polar surface area (TPSA) is 88.5 Å². The fraction of sp³-hybridized carbons (Fsp3) is 0.222. The molecule has 0 fully saturated rings. The number of hydrogen-bond acceptors (Lipinski definition) is 8. The summed E-state index contributed by atoms with van der Waals surface area (Å²) >= 11 is 0. The molecule has 0 saturated carbocycles. The zero-order valence-corrected chi connectivity index (χ0v) is 51.3. The van der Waals surface area contributed by atoms with Crippen molar-refractivity contribution < 1.29 is 40.0 Å². The Kier molecular flexibility index (Phi) is 13.8. The van der Waals surface area contributed by atoms with Gasteiger partial charge in [-0.15, -0.1) is 58.5 Å². The molecule has 4 aliphatic heterocycles. The van der Waals surface area contributed by atoms with Gasteiger partial charge in [-0.3, -0.25) is 9.97 Å². The molecule has 0 saturated heterocycles. The molecule has 0 spiro atoms. The first-order valence-corrected chi connectivity index (χ1v) is 28.4. The van der Waals surface area contributed by atoms with E-state index in [0.717, 1.165) is 124 Å². The van der Waals surface area contributed by atoms with Gasteiger partial charge in [-0.25, -0.2) is 0 Å². The summed E-state index contributed by atoms with van der Waals surface area (Å²) in [6.45, 7) is 26.5. The summed E-state index contributed by atoms with van der Waals surface area (Å²) < 4.78 is 25.8. The monoisotopic (exact) mass is 1270 g/mol. The molecule has 14 rings (SSSR count). The van der Waals surface area contributed by atoms with Crippen molar-refractivity contribution >= 4 is 46.2 Å². The Labute approximate surface area is 503 Å². The zero-order valence-electron chi connectivity index (χ0n) is 49.1. The maximum absolute atomic E-state index is 6.46. The van der Waals surface area contributed by atoms with Crippen molar-refractivity contribution in [1.29, 1.82) is 0 Å². The molecule has 4 aromatic heterocycles. The fourth-order valence-electron chi connectivity index (χ4n) is 11.5. The van der Waals surface area contributed by atoms with Crippen LogP contribution in [0.25, 0.3) is 45.0 Å². The first kappa shape index (κ1) is 55.5. The zero-order chi connectivity index (χ0) is 57.0. The summed E-state index contributed by atoms with van der Waals surface area (Å²) in [6, 6.07) is 57.6. The van der Waals surface area contributed by atoms with Gasteiger partial charge in [0.15, 0.2) is 0 Å². The van der Waals surface area contributed by atoms with Crippen LogP contribution in [-0.4, -0.2) is 33.4 Å². The third kappa shape index (κ3) is 10.4. The number of nitrogens with zero attached hydrogens (tertiary/aromatic N) is 4. The summed E-state index contributed by atoms with van der Waals surface area (Å²) in [5.41, 5.74) is 19.0. The van der Waals surface area contributed by atoms with Gasteiger partial charge >= 0.3 is 21.1 Å². The predicted molar refractivity (Wildman–Crippen MR) is 334 cm³/mol. The van der Waals surface area contributed by atoms with Gasteiger partial charge < -0.3 is 28.9 Å². The van der Waals surface area contributed by atoms with Crippen molar-refractivity contribution in [3.8, 4) is 91.0 Å². The molecular formula is C72H64B2N4O4Pt. The third-order valence-corrected chi connectivity index (χ3v) is 16.2. The fourth-order valence-corrected chi connectivity index (χ4v) is 11.5. The summed E-state index contributed by atoms with van der Waals surface area (Å²) in [5.74, 6) is 6.57. The molecule has 0 N–H and O–H groups in total. The standard InChI is InChI=1S/C36H33BN2O2.C36H31BN2O2.Pt/c2*1-35(2,3)24-14-16-38-28(20-24)22-10-12-30-26(18-22)37-27-19-23(29-21-25(15-17-39-29)36(4,5)6)11-13-31(27)41-33-9-7-8-32(40-30)34(33)37;/h7-21H,1-6H3;7-17,20-21H,1-6H3;/q;-2;+2. The Morgan fingerprint density at radius 3 is 1.00 bits per heavy atom. The van der Waals surface area contributed by atoms with Crippen molar-refractivity contribution in [2.75, 3.05) is 0 Å². The first-order chi connectivity index (χ1) is 39.1. The maximum atomic E-state index is 6.46. The Bertz CT molecular complexity index is 3680. The minimum Gasteiger partial charge on any atom is -0.503 e. The van der Waals surface area contributed by atoms with E-state index < -0.39 is 0 Å². The van der Waals surface area contributed by atoms with Crippen molar-refractivity contribution in [2.24, 2.45) is 0 Å². The second-order valence-corrected chi connectivity index (χ2v) is 26.1. The molecule has 11 heteroatoms. The van der Waals surface area contributed by atoms with E-state index in [1.54, 1.807) is 0 Å². The largest absolute Gasteiger partial charge is 2.00 e. The number of fused-ring (bicyclic) bond motifs is 8. The van der Waals surface area contributed by atoms with E-state index in [1.807, 2.05) is 85.5 Å². The maximum Gasteiger partial charge on any atom is 2.00 e. The number of pyridine rings is 4. The van der Waals surface area contributed by atoms with Crippen LogP contribution in [0.15, 0.2) is 170 Å². The molecule has 412 valence electrons. The molecule has 0 radical (unpaired) electrons. The normalized spacial score (nSPS) is 13.3. The van der Waals surface area contributed by atoms with E-state index >= 15 is 0 Å². The minimum atomic E-state index is -0.148. The Hall–Kier alpha value is -8.06. The van der Waals surface area contributed by atoms with Gasteiger partial charge in [0.2, 0.25) is 6.71 Å².